The van der Waals surface area contributed by atoms with E-state index >= 15 is 0 Å². The van der Waals surface area contributed by atoms with Crippen molar-refractivity contribution in [2.24, 2.45) is 0 Å². The van der Waals surface area contributed by atoms with E-state index in [2.05, 4.69) is 24.1 Å². The number of methoxy groups -OCH3 is 2. The molecule has 0 aliphatic carbocycles. The normalized spacial score (nSPS) is 14.8. The van der Waals surface area contributed by atoms with Crippen molar-refractivity contribution in [2.75, 3.05) is 45.8 Å². The van der Waals surface area contributed by atoms with E-state index in [0.717, 1.165) is 71.8 Å². The first kappa shape index (κ1) is 20.8. The summed E-state index contributed by atoms with van der Waals surface area (Å²) >= 11 is 1.73. The number of fused-ring (bicyclic) bond motifs is 1. The molecule has 0 unspecified atom stereocenters. The number of thiophene rings is 1. The van der Waals surface area contributed by atoms with Gasteiger partial charge in [0.15, 0.2) is 11.5 Å². The fourth-order valence-electron chi connectivity index (χ4n) is 3.72. The number of aromatic nitrogens is 2. The van der Waals surface area contributed by atoms with Crippen molar-refractivity contribution in [3.8, 4) is 11.5 Å². The third-order valence-electron chi connectivity index (χ3n) is 5.47. The zero-order chi connectivity index (χ0) is 21.1. The van der Waals surface area contributed by atoms with Crippen LogP contribution in [0.5, 0.6) is 11.5 Å². The lowest BCUT2D eigenvalue weighted by atomic mass is 10.1. The fourth-order valence-corrected chi connectivity index (χ4v) is 4.77. The molecule has 0 saturated carbocycles. The molecule has 8 heteroatoms. The maximum Gasteiger partial charge on any atom is 0.165 e. The quantitative estimate of drug-likeness (QED) is 0.614. The Kier molecular flexibility index (Phi) is 6.36. The standard InChI is InChI=1S/C22H28N4O3S/c1-14-15(2)30-22-19(14)21(24-18(25-22)13-26-8-10-29-11-9-26)23-12-16-6-5-7-17(27-3)20(16)28-4/h5-7H,8-13H2,1-4H3,(H,23,24,25). The van der Waals surface area contributed by atoms with Crippen LogP contribution in [0.25, 0.3) is 10.2 Å². The zero-order valence-corrected chi connectivity index (χ0v) is 18.8. The maximum absolute atomic E-state index is 5.58. The molecule has 1 aliphatic heterocycles. The number of morpholine rings is 1. The number of nitrogens with one attached hydrogen (secondary N) is 1. The fraction of sp³-hybridized carbons (Fsp3) is 0.455. The third-order valence-corrected chi connectivity index (χ3v) is 6.58. The highest BCUT2D eigenvalue weighted by molar-refractivity contribution is 7.18. The van der Waals surface area contributed by atoms with E-state index in [1.54, 1.807) is 25.6 Å². The van der Waals surface area contributed by atoms with E-state index in [1.807, 2.05) is 18.2 Å². The smallest absolute Gasteiger partial charge is 0.165 e. The number of anilines is 1. The van der Waals surface area contributed by atoms with Gasteiger partial charge in [0.2, 0.25) is 0 Å². The second kappa shape index (κ2) is 9.16. The molecule has 1 aromatic carbocycles. The molecular weight excluding hydrogens is 400 g/mol. The molecule has 7 nitrogen and oxygen atoms in total. The van der Waals surface area contributed by atoms with Crippen LogP contribution in [-0.2, 0) is 17.8 Å². The van der Waals surface area contributed by atoms with Crippen LogP contribution in [0.2, 0.25) is 0 Å². The van der Waals surface area contributed by atoms with Crippen LogP contribution in [0, 0.1) is 13.8 Å². The Bertz CT molecular complexity index is 1030. The summed E-state index contributed by atoms with van der Waals surface area (Å²) in [6, 6.07) is 5.91. The number of hydrogen-bond donors (Lipinski definition) is 1. The molecule has 0 amide bonds. The molecule has 1 saturated heterocycles. The number of aryl methyl sites for hydroxylation is 2. The second-order valence-corrected chi connectivity index (χ2v) is 8.55. The number of nitrogens with zero attached hydrogens (tertiary/aromatic N) is 3. The molecule has 3 aromatic rings. The van der Waals surface area contributed by atoms with E-state index in [-0.39, 0.29) is 0 Å². The predicted octanol–water partition coefficient (Wildman–Crippen LogP) is 3.77. The molecule has 1 fully saturated rings. The summed E-state index contributed by atoms with van der Waals surface area (Å²) in [5.41, 5.74) is 2.25. The molecule has 4 rings (SSSR count). The number of hydrogen-bond acceptors (Lipinski definition) is 8. The van der Waals surface area contributed by atoms with Crippen LogP contribution >= 0.6 is 11.3 Å². The highest BCUT2D eigenvalue weighted by Gasteiger charge is 2.18. The van der Waals surface area contributed by atoms with Gasteiger partial charge in [-0.25, -0.2) is 9.97 Å². The van der Waals surface area contributed by atoms with E-state index in [1.165, 1.54) is 10.4 Å². The Morgan fingerprint density at radius 1 is 1.13 bits per heavy atom. The van der Waals surface area contributed by atoms with Crippen LogP contribution < -0.4 is 14.8 Å². The van der Waals surface area contributed by atoms with Crippen molar-refractivity contribution >= 4 is 27.4 Å². The summed E-state index contributed by atoms with van der Waals surface area (Å²) in [4.78, 5) is 14.4. The molecule has 0 bridgehead atoms. The SMILES string of the molecule is COc1cccc(CNc2nc(CN3CCOCC3)nc3sc(C)c(C)c23)c1OC. The number of benzene rings is 1. The molecule has 160 valence electrons. The monoisotopic (exact) mass is 428 g/mol. The Labute approximate surface area is 181 Å². The minimum atomic E-state index is 0.581. The lowest BCUT2D eigenvalue weighted by Crippen LogP contribution is -2.36. The Morgan fingerprint density at radius 3 is 2.67 bits per heavy atom. The van der Waals surface area contributed by atoms with Crippen molar-refractivity contribution in [3.05, 3.63) is 40.0 Å². The molecular formula is C22H28N4O3S. The van der Waals surface area contributed by atoms with E-state index in [0.29, 0.717) is 6.54 Å². The van der Waals surface area contributed by atoms with Crippen LogP contribution in [0.1, 0.15) is 21.8 Å². The van der Waals surface area contributed by atoms with Crippen LogP contribution in [0.15, 0.2) is 18.2 Å². The zero-order valence-electron chi connectivity index (χ0n) is 17.9. The largest absolute Gasteiger partial charge is 0.493 e. The molecule has 30 heavy (non-hydrogen) atoms. The van der Waals surface area contributed by atoms with E-state index < -0.39 is 0 Å². The van der Waals surface area contributed by atoms with Crippen molar-refractivity contribution in [3.63, 3.8) is 0 Å². The Balaban J connectivity index is 1.65. The minimum Gasteiger partial charge on any atom is -0.493 e. The summed E-state index contributed by atoms with van der Waals surface area (Å²) < 4.78 is 16.5. The lowest BCUT2D eigenvalue weighted by Gasteiger charge is -2.25. The highest BCUT2D eigenvalue weighted by atomic mass is 32.1. The van der Waals surface area contributed by atoms with Crippen LogP contribution in [0.3, 0.4) is 0 Å². The van der Waals surface area contributed by atoms with E-state index in [4.69, 9.17) is 24.2 Å². The molecule has 0 atom stereocenters. The van der Waals surface area contributed by atoms with Gasteiger partial charge in [-0.15, -0.1) is 11.3 Å². The highest BCUT2D eigenvalue weighted by Crippen LogP contribution is 2.35. The molecule has 1 N–H and O–H groups in total. The maximum atomic E-state index is 5.58. The van der Waals surface area contributed by atoms with Crippen molar-refractivity contribution < 1.29 is 14.2 Å². The van der Waals surface area contributed by atoms with Crippen molar-refractivity contribution in [2.45, 2.75) is 26.9 Å². The molecule has 2 aromatic heterocycles. The van der Waals surface area contributed by atoms with Gasteiger partial charge in [0.05, 0.1) is 39.4 Å². The first-order valence-corrected chi connectivity index (χ1v) is 10.9. The summed E-state index contributed by atoms with van der Waals surface area (Å²) in [7, 11) is 3.31. The van der Waals surface area contributed by atoms with Crippen LogP contribution in [-0.4, -0.2) is 55.4 Å². The van der Waals surface area contributed by atoms with Gasteiger partial charge in [0.25, 0.3) is 0 Å². The Morgan fingerprint density at radius 2 is 1.93 bits per heavy atom. The van der Waals surface area contributed by atoms with Gasteiger partial charge in [0.1, 0.15) is 16.5 Å². The van der Waals surface area contributed by atoms with Gasteiger partial charge in [-0.1, -0.05) is 12.1 Å². The molecule has 0 radical (unpaired) electrons. The van der Waals surface area contributed by atoms with Gasteiger partial charge >= 0.3 is 0 Å². The first-order valence-electron chi connectivity index (χ1n) is 10.1. The van der Waals surface area contributed by atoms with Crippen molar-refractivity contribution in [1.82, 2.24) is 14.9 Å². The molecule has 3 heterocycles. The van der Waals surface area contributed by atoms with Gasteiger partial charge in [-0.05, 0) is 25.5 Å². The van der Waals surface area contributed by atoms with E-state index in [9.17, 15) is 0 Å². The topological polar surface area (TPSA) is 68.7 Å². The van der Waals surface area contributed by atoms with Gasteiger partial charge < -0.3 is 19.5 Å². The lowest BCUT2D eigenvalue weighted by molar-refractivity contribution is 0.0331. The van der Waals surface area contributed by atoms with Crippen LogP contribution in [0.4, 0.5) is 5.82 Å². The second-order valence-electron chi connectivity index (χ2n) is 7.35. The summed E-state index contributed by atoms with van der Waals surface area (Å²) in [5, 5.41) is 4.64. The third kappa shape index (κ3) is 4.21. The first-order chi connectivity index (χ1) is 14.6. The number of rotatable bonds is 7. The summed E-state index contributed by atoms with van der Waals surface area (Å²) in [6.45, 7) is 8.93. The van der Waals surface area contributed by atoms with Gasteiger partial charge in [0, 0.05) is 30.1 Å². The number of para-hydroxylation sites is 1. The Hall–Kier alpha value is -2.42. The van der Waals surface area contributed by atoms with Gasteiger partial charge in [-0.3, -0.25) is 4.90 Å². The minimum absolute atomic E-state index is 0.581. The molecule has 0 spiro atoms. The average Bonchev–Trinajstić information content (AvgIpc) is 3.05. The summed E-state index contributed by atoms with van der Waals surface area (Å²) in [5.74, 6) is 3.17. The summed E-state index contributed by atoms with van der Waals surface area (Å²) in [6.07, 6.45) is 0. The predicted molar refractivity (Wildman–Crippen MR) is 120 cm³/mol. The van der Waals surface area contributed by atoms with Gasteiger partial charge in [-0.2, -0.15) is 0 Å². The number of ether oxygens (including phenoxy) is 3. The average molecular weight is 429 g/mol. The molecule has 1 aliphatic rings. The van der Waals surface area contributed by atoms with Crippen molar-refractivity contribution in [1.29, 1.82) is 0 Å².